The predicted molar refractivity (Wildman–Crippen MR) is 86.5 cm³/mol. The number of rotatable bonds is 3. The number of carbonyl (C=O) groups excluding carboxylic acids is 1. The van der Waals surface area contributed by atoms with E-state index in [9.17, 15) is 4.79 Å². The highest BCUT2D eigenvalue weighted by atomic mass is 16.2. The Morgan fingerprint density at radius 3 is 2.81 bits per heavy atom. The minimum absolute atomic E-state index is 0.150. The van der Waals surface area contributed by atoms with Crippen LogP contribution in [0.4, 0.5) is 0 Å². The fourth-order valence-corrected chi connectivity index (χ4v) is 3.54. The zero-order chi connectivity index (χ0) is 15.0. The second kappa shape index (κ2) is 5.55. The van der Waals surface area contributed by atoms with Gasteiger partial charge in [0.2, 0.25) is 5.91 Å². The first kappa shape index (κ1) is 14.2. The highest BCUT2D eigenvalue weighted by molar-refractivity contribution is 5.87. The first-order valence-electron chi connectivity index (χ1n) is 8.02. The standard InChI is InChI=1S/C18H24N2O/c1-4-20(5-2)18(21)13-7-9-17-15(11-13)14-10-12(3)6-8-16(14)19-17/h6,8,10,13,19H,4-5,7,9,11H2,1-3H3. The summed E-state index contributed by atoms with van der Waals surface area (Å²) < 4.78 is 0. The zero-order valence-corrected chi connectivity index (χ0v) is 13.2. The highest BCUT2D eigenvalue weighted by Gasteiger charge is 2.29. The van der Waals surface area contributed by atoms with Crippen molar-refractivity contribution in [2.24, 2.45) is 5.92 Å². The Kier molecular flexibility index (Phi) is 3.75. The van der Waals surface area contributed by atoms with Crippen LogP contribution in [0.3, 0.4) is 0 Å². The molecular weight excluding hydrogens is 260 g/mol. The summed E-state index contributed by atoms with van der Waals surface area (Å²) in [7, 11) is 0. The Labute approximate surface area is 126 Å². The smallest absolute Gasteiger partial charge is 0.226 e. The molecule has 1 N–H and O–H groups in total. The monoisotopic (exact) mass is 284 g/mol. The van der Waals surface area contributed by atoms with Gasteiger partial charge in [-0.15, -0.1) is 0 Å². The van der Waals surface area contributed by atoms with E-state index in [1.54, 1.807) is 0 Å². The van der Waals surface area contributed by atoms with Crippen molar-refractivity contribution in [3.63, 3.8) is 0 Å². The Bertz CT molecular complexity index is 667. The first-order chi connectivity index (χ1) is 10.1. The van der Waals surface area contributed by atoms with Gasteiger partial charge in [0.15, 0.2) is 0 Å². The van der Waals surface area contributed by atoms with E-state index < -0.39 is 0 Å². The minimum Gasteiger partial charge on any atom is -0.358 e. The molecule has 0 saturated carbocycles. The van der Waals surface area contributed by atoms with Crippen molar-refractivity contribution in [2.45, 2.75) is 40.0 Å². The fourth-order valence-electron chi connectivity index (χ4n) is 3.54. The molecule has 0 bridgehead atoms. The van der Waals surface area contributed by atoms with Crippen molar-refractivity contribution in [3.05, 3.63) is 35.0 Å². The number of aromatic amines is 1. The van der Waals surface area contributed by atoms with Crippen LogP contribution in [0, 0.1) is 12.8 Å². The molecule has 1 aliphatic carbocycles. The Balaban J connectivity index is 1.92. The number of carbonyl (C=O) groups is 1. The molecule has 1 aromatic heterocycles. The third-order valence-corrected chi connectivity index (χ3v) is 4.77. The lowest BCUT2D eigenvalue weighted by Crippen LogP contribution is -2.38. The summed E-state index contributed by atoms with van der Waals surface area (Å²) in [6, 6.07) is 6.54. The summed E-state index contributed by atoms with van der Waals surface area (Å²) >= 11 is 0. The number of aromatic nitrogens is 1. The fraction of sp³-hybridized carbons (Fsp3) is 0.500. The Morgan fingerprint density at radius 2 is 2.10 bits per heavy atom. The van der Waals surface area contributed by atoms with Gasteiger partial charge in [0, 0.05) is 35.6 Å². The van der Waals surface area contributed by atoms with Crippen LogP contribution in [0.15, 0.2) is 18.2 Å². The van der Waals surface area contributed by atoms with E-state index in [-0.39, 0.29) is 5.92 Å². The molecular formula is C18H24N2O. The summed E-state index contributed by atoms with van der Waals surface area (Å²) in [5, 5.41) is 1.31. The summed E-state index contributed by atoms with van der Waals surface area (Å²) in [6.45, 7) is 7.87. The SMILES string of the molecule is CCN(CC)C(=O)C1CCc2[nH]c3ccc(C)cc3c2C1. The number of H-pyrrole nitrogens is 1. The van der Waals surface area contributed by atoms with Gasteiger partial charge in [-0.3, -0.25) is 4.79 Å². The number of nitrogens with one attached hydrogen (secondary N) is 1. The number of amides is 1. The summed E-state index contributed by atoms with van der Waals surface area (Å²) in [4.78, 5) is 18.1. The third kappa shape index (κ3) is 2.45. The number of benzene rings is 1. The molecule has 1 amide bonds. The van der Waals surface area contributed by atoms with Crippen molar-refractivity contribution in [1.82, 2.24) is 9.88 Å². The topological polar surface area (TPSA) is 36.1 Å². The molecule has 21 heavy (non-hydrogen) atoms. The van der Waals surface area contributed by atoms with Crippen molar-refractivity contribution in [2.75, 3.05) is 13.1 Å². The number of aryl methyl sites for hydroxylation is 2. The molecule has 1 unspecified atom stereocenters. The van der Waals surface area contributed by atoms with Gasteiger partial charge in [-0.25, -0.2) is 0 Å². The molecule has 0 saturated heterocycles. The molecule has 2 aromatic rings. The van der Waals surface area contributed by atoms with Gasteiger partial charge < -0.3 is 9.88 Å². The quantitative estimate of drug-likeness (QED) is 0.920. The van der Waals surface area contributed by atoms with Crippen LogP contribution < -0.4 is 0 Å². The van der Waals surface area contributed by atoms with Crippen molar-refractivity contribution >= 4 is 16.8 Å². The molecule has 112 valence electrons. The number of fused-ring (bicyclic) bond motifs is 3. The molecule has 0 radical (unpaired) electrons. The second-order valence-electron chi connectivity index (χ2n) is 6.08. The molecule has 1 heterocycles. The maximum absolute atomic E-state index is 12.6. The number of hydrogen-bond donors (Lipinski definition) is 1. The van der Waals surface area contributed by atoms with E-state index >= 15 is 0 Å². The van der Waals surface area contributed by atoms with Gasteiger partial charge in [0.1, 0.15) is 0 Å². The van der Waals surface area contributed by atoms with Gasteiger partial charge in [-0.05, 0) is 57.7 Å². The Morgan fingerprint density at radius 1 is 1.33 bits per heavy atom. The number of hydrogen-bond acceptors (Lipinski definition) is 1. The van der Waals surface area contributed by atoms with Gasteiger partial charge in [0.25, 0.3) is 0 Å². The lowest BCUT2D eigenvalue weighted by molar-refractivity contribution is -0.135. The molecule has 1 aromatic carbocycles. The third-order valence-electron chi connectivity index (χ3n) is 4.77. The molecule has 0 spiro atoms. The van der Waals surface area contributed by atoms with Crippen LogP contribution in [0.2, 0.25) is 0 Å². The lowest BCUT2D eigenvalue weighted by atomic mass is 9.85. The molecule has 0 fully saturated rings. The van der Waals surface area contributed by atoms with E-state index in [4.69, 9.17) is 0 Å². The van der Waals surface area contributed by atoms with Crippen LogP contribution in [0.5, 0.6) is 0 Å². The van der Waals surface area contributed by atoms with E-state index in [0.717, 1.165) is 32.4 Å². The average molecular weight is 284 g/mol. The maximum atomic E-state index is 12.6. The average Bonchev–Trinajstić information content (AvgIpc) is 2.85. The van der Waals surface area contributed by atoms with Crippen molar-refractivity contribution in [3.8, 4) is 0 Å². The maximum Gasteiger partial charge on any atom is 0.226 e. The molecule has 1 atom stereocenters. The normalized spacial score (nSPS) is 17.8. The molecule has 3 nitrogen and oxygen atoms in total. The Hall–Kier alpha value is -1.77. The van der Waals surface area contributed by atoms with E-state index in [2.05, 4.69) is 44.0 Å². The molecule has 3 heteroatoms. The summed E-state index contributed by atoms with van der Waals surface area (Å²) in [6.07, 6.45) is 2.84. The van der Waals surface area contributed by atoms with Crippen molar-refractivity contribution in [1.29, 1.82) is 0 Å². The van der Waals surface area contributed by atoms with Crippen LogP contribution >= 0.6 is 0 Å². The summed E-state index contributed by atoms with van der Waals surface area (Å²) in [5.41, 5.74) is 5.19. The van der Waals surface area contributed by atoms with Crippen LogP contribution in [0.1, 0.15) is 37.1 Å². The van der Waals surface area contributed by atoms with Crippen molar-refractivity contribution < 1.29 is 4.79 Å². The highest BCUT2D eigenvalue weighted by Crippen LogP contribution is 2.33. The van der Waals surface area contributed by atoms with Crippen LogP contribution in [-0.2, 0) is 17.6 Å². The second-order valence-corrected chi connectivity index (χ2v) is 6.08. The summed E-state index contributed by atoms with van der Waals surface area (Å²) in [5.74, 6) is 0.476. The van der Waals surface area contributed by atoms with E-state index in [0.29, 0.717) is 5.91 Å². The van der Waals surface area contributed by atoms with Gasteiger partial charge >= 0.3 is 0 Å². The molecule has 1 aliphatic rings. The minimum atomic E-state index is 0.150. The van der Waals surface area contributed by atoms with Gasteiger partial charge in [-0.2, -0.15) is 0 Å². The molecule has 0 aliphatic heterocycles. The molecule has 3 rings (SSSR count). The first-order valence-corrected chi connectivity index (χ1v) is 8.02. The van der Waals surface area contributed by atoms with Crippen LogP contribution in [-0.4, -0.2) is 28.9 Å². The number of nitrogens with zero attached hydrogens (tertiary/aromatic N) is 1. The van der Waals surface area contributed by atoms with Gasteiger partial charge in [-0.1, -0.05) is 11.6 Å². The zero-order valence-electron chi connectivity index (χ0n) is 13.2. The van der Waals surface area contributed by atoms with Crippen LogP contribution in [0.25, 0.3) is 10.9 Å². The van der Waals surface area contributed by atoms with E-state index in [1.807, 2.05) is 4.90 Å². The van der Waals surface area contributed by atoms with E-state index in [1.165, 1.54) is 27.7 Å². The lowest BCUT2D eigenvalue weighted by Gasteiger charge is -2.28. The predicted octanol–water partition coefficient (Wildman–Crippen LogP) is 3.45. The van der Waals surface area contributed by atoms with Gasteiger partial charge in [0.05, 0.1) is 0 Å². The largest absolute Gasteiger partial charge is 0.358 e.